The molecule has 41 heavy (non-hydrogen) atoms. The van der Waals surface area contributed by atoms with Gasteiger partial charge in [0.1, 0.15) is 6.61 Å². The van der Waals surface area contributed by atoms with E-state index in [1.165, 1.54) is 15.9 Å². The molecule has 0 aromatic heterocycles. The first-order valence-electron chi connectivity index (χ1n) is 15.1. The van der Waals surface area contributed by atoms with E-state index >= 15 is 0 Å². The fraction of sp³-hybridized carbons (Fsp3) is 0.472. The number of hydrogen-bond acceptors (Lipinski definition) is 4. The molecule has 0 bridgehead atoms. The summed E-state index contributed by atoms with van der Waals surface area (Å²) in [5.74, 6) is 0.101. The maximum absolute atomic E-state index is 12.1. The molecule has 5 rings (SSSR count). The van der Waals surface area contributed by atoms with Crippen LogP contribution in [0.3, 0.4) is 0 Å². The van der Waals surface area contributed by atoms with Gasteiger partial charge in [0.25, 0.3) is 8.32 Å². The van der Waals surface area contributed by atoms with Gasteiger partial charge < -0.3 is 14.3 Å². The summed E-state index contributed by atoms with van der Waals surface area (Å²) in [6.07, 6.45) is 9.00. The molecule has 2 aromatic rings. The number of cyclic esters (lactones) is 1. The molecular weight excluding hydrogens is 524 g/mol. The fourth-order valence-corrected chi connectivity index (χ4v) is 12.9. The van der Waals surface area contributed by atoms with E-state index in [0.29, 0.717) is 18.8 Å². The Morgan fingerprint density at radius 3 is 2.20 bits per heavy atom. The highest BCUT2D eigenvalue weighted by Crippen LogP contribution is 2.61. The van der Waals surface area contributed by atoms with Crippen LogP contribution < -0.4 is 10.4 Å². The zero-order valence-corrected chi connectivity index (χ0v) is 26.4. The van der Waals surface area contributed by atoms with Crippen LogP contribution in [-0.4, -0.2) is 38.7 Å². The van der Waals surface area contributed by atoms with Crippen molar-refractivity contribution >= 4 is 24.7 Å². The average Bonchev–Trinajstić information content (AvgIpc) is 3.36. The average molecular weight is 571 g/mol. The van der Waals surface area contributed by atoms with Crippen molar-refractivity contribution in [3.05, 3.63) is 96.6 Å². The largest absolute Gasteiger partial charge is 0.458 e. The highest BCUT2D eigenvalue weighted by molar-refractivity contribution is 6.99. The summed E-state index contributed by atoms with van der Waals surface area (Å²) in [7, 11) is -2.76. The molecule has 1 aliphatic heterocycles. The predicted octanol–water partition coefficient (Wildman–Crippen LogP) is 6.35. The number of carbonyl (C=O) groups excluding carboxylic acids is 1. The number of aliphatic hydroxyl groups excluding tert-OH is 1. The zero-order valence-electron chi connectivity index (χ0n) is 25.4. The molecule has 4 nitrogen and oxygen atoms in total. The molecule has 0 unspecified atom stereocenters. The molecule has 2 aliphatic carbocycles. The van der Waals surface area contributed by atoms with Crippen molar-refractivity contribution in [3.8, 4) is 0 Å². The summed E-state index contributed by atoms with van der Waals surface area (Å²) in [5.41, 5.74) is 1.30. The number of esters is 1. The Balaban J connectivity index is 1.53. The van der Waals surface area contributed by atoms with E-state index in [1.807, 2.05) is 12.2 Å². The minimum Gasteiger partial charge on any atom is -0.458 e. The lowest BCUT2D eigenvalue weighted by atomic mass is 9.46. The van der Waals surface area contributed by atoms with E-state index in [0.717, 1.165) is 25.7 Å². The highest BCUT2D eigenvalue weighted by atomic mass is 28.4. The quantitative estimate of drug-likeness (QED) is 0.239. The smallest absolute Gasteiger partial charge is 0.338 e. The van der Waals surface area contributed by atoms with E-state index in [2.05, 4.69) is 108 Å². The molecule has 2 saturated carbocycles. The molecule has 3 aliphatic rings. The van der Waals surface area contributed by atoms with Gasteiger partial charge in [0.2, 0.25) is 0 Å². The number of hydrogen-bond donors (Lipinski definition) is 1. The molecule has 5 atom stereocenters. The van der Waals surface area contributed by atoms with Crippen LogP contribution in [0.5, 0.6) is 0 Å². The number of ether oxygens (including phenoxy) is 1. The van der Waals surface area contributed by atoms with Gasteiger partial charge in [0.05, 0.1) is 11.7 Å². The number of rotatable bonds is 7. The monoisotopic (exact) mass is 570 g/mol. The summed E-state index contributed by atoms with van der Waals surface area (Å²) in [6.45, 7) is 16.8. The summed E-state index contributed by atoms with van der Waals surface area (Å²) < 4.78 is 12.6. The van der Waals surface area contributed by atoms with Crippen molar-refractivity contribution in [3.63, 3.8) is 0 Å². The number of benzene rings is 2. The van der Waals surface area contributed by atoms with Gasteiger partial charge >= 0.3 is 5.97 Å². The lowest BCUT2D eigenvalue weighted by Gasteiger charge is -2.60. The van der Waals surface area contributed by atoms with Crippen molar-refractivity contribution in [1.82, 2.24) is 0 Å². The van der Waals surface area contributed by atoms with Crippen LogP contribution in [0.4, 0.5) is 0 Å². The van der Waals surface area contributed by atoms with Gasteiger partial charge in [-0.1, -0.05) is 120 Å². The molecule has 0 amide bonds. The number of carbonyl (C=O) groups is 1. The Morgan fingerprint density at radius 2 is 1.66 bits per heavy atom. The number of fused-ring (bicyclic) bond motifs is 1. The third-order valence-electron chi connectivity index (χ3n) is 10.5. The van der Waals surface area contributed by atoms with E-state index in [-0.39, 0.29) is 28.3 Å². The third kappa shape index (κ3) is 5.11. The topological polar surface area (TPSA) is 55.8 Å². The van der Waals surface area contributed by atoms with Gasteiger partial charge in [-0.05, 0) is 58.5 Å². The van der Waals surface area contributed by atoms with Crippen LogP contribution in [0.2, 0.25) is 5.04 Å². The van der Waals surface area contributed by atoms with Crippen molar-refractivity contribution < 1.29 is 19.1 Å². The zero-order chi connectivity index (χ0) is 29.5. The van der Waals surface area contributed by atoms with Crippen molar-refractivity contribution in [1.29, 1.82) is 0 Å². The highest BCUT2D eigenvalue weighted by Gasteiger charge is 2.59. The first kappa shape index (κ1) is 29.7. The minimum atomic E-state index is -2.76. The minimum absolute atomic E-state index is 0.0995. The van der Waals surface area contributed by atoms with Crippen molar-refractivity contribution in [2.45, 2.75) is 71.4 Å². The van der Waals surface area contributed by atoms with Gasteiger partial charge in [-0.2, -0.15) is 0 Å². The molecule has 2 fully saturated rings. The maximum Gasteiger partial charge on any atom is 0.338 e. The van der Waals surface area contributed by atoms with Crippen LogP contribution >= 0.6 is 0 Å². The summed E-state index contributed by atoms with van der Waals surface area (Å²) in [5, 5.41) is 14.1. The van der Waals surface area contributed by atoms with E-state index in [9.17, 15) is 9.90 Å². The van der Waals surface area contributed by atoms with E-state index in [1.54, 1.807) is 0 Å². The van der Waals surface area contributed by atoms with Crippen molar-refractivity contribution in [2.24, 2.45) is 22.7 Å². The SMILES string of the molecule is C=C1CC[C@@H]2[C@](C)(CO[Si](c3ccccc3)(c3ccccc3)C(C)(C)C)[C@H](O)CC[C@@]2(C)[C@@H]1/C=C/C1=CCOC1=O. The molecule has 1 N–H and O–H groups in total. The normalized spacial score (nSPS) is 30.7. The maximum atomic E-state index is 12.1. The Hall–Kier alpha value is -2.73. The standard InChI is InChI=1S/C36H46O4Si/c1-26-17-20-31-35(5,30(26)19-18-27-22-24-39-33(27)38)23-21-32(37)36(31,6)25-40-41(34(2,3)4,28-13-9-7-10-14-28)29-15-11-8-12-16-29/h7-16,18-19,22,30-32,37H,1,17,20-21,23-25H2,2-6H3/b19-18+/t30-,31+,32-,35+,36+/m1/s1. The van der Waals surface area contributed by atoms with Crippen LogP contribution in [0, 0.1) is 22.7 Å². The Bertz CT molecular complexity index is 1280. The molecule has 2 aromatic carbocycles. The summed E-state index contributed by atoms with van der Waals surface area (Å²) in [4.78, 5) is 12.1. The first-order chi connectivity index (χ1) is 19.4. The molecule has 5 heteroatoms. The molecular formula is C36H46O4Si. The van der Waals surface area contributed by atoms with Crippen LogP contribution in [0.15, 0.2) is 96.6 Å². The van der Waals surface area contributed by atoms with Crippen LogP contribution in [0.1, 0.15) is 60.3 Å². The number of aliphatic hydroxyl groups is 1. The van der Waals surface area contributed by atoms with E-state index < -0.39 is 19.8 Å². The third-order valence-corrected chi connectivity index (χ3v) is 15.4. The summed E-state index contributed by atoms with van der Waals surface area (Å²) in [6, 6.07) is 21.5. The second kappa shape index (κ2) is 11.2. The first-order valence-corrected chi connectivity index (χ1v) is 17.0. The van der Waals surface area contributed by atoms with Crippen LogP contribution in [-0.2, 0) is 14.0 Å². The molecule has 1 heterocycles. The Morgan fingerprint density at radius 1 is 1.05 bits per heavy atom. The van der Waals surface area contributed by atoms with Crippen LogP contribution in [0.25, 0.3) is 0 Å². The van der Waals surface area contributed by atoms with Gasteiger partial charge in [0.15, 0.2) is 0 Å². The fourth-order valence-electron chi connectivity index (χ4n) is 8.21. The molecule has 0 saturated heterocycles. The van der Waals surface area contributed by atoms with Gasteiger partial charge in [-0.25, -0.2) is 4.79 Å². The Kier molecular flexibility index (Phi) is 8.10. The Labute approximate surface area is 247 Å². The second-order valence-electron chi connectivity index (χ2n) is 13.9. The lowest BCUT2D eigenvalue weighted by Crippen LogP contribution is -2.68. The lowest BCUT2D eigenvalue weighted by molar-refractivity contribution is -0.143. The van der Waals surface area contributed by atoms with E-state index in [4.69, 9.17) is 9.16 Å². The summed E-state index contributed by atoms with van der Waals surface area (Å²) >= 11 is 0. The second-order valence-corrected chi connectivity index (χ2v) is 18.2. The van der Waals surface area contributed by atoms with Gasteiger partial charge in [-0.3, -0.25) is 0 Å². The molecule has 0 radical (unpaired) electrons. The van der Waals surface area contributed by atoms with Crippen molar-refractivity contribution in [2.75, 3.05) is 13.2 Å². The molecule has 218 valence electrons. The van der Waals surface area contributed by atoms with Gasteiger partial charge in [0, 0.05) is 17.9 Å². The van der Waals surface area contributed by atoms with Gasteiger partial charge in [-0.15, -0.1) is 0 Å². The molecule has 0 spiro atoms. The predicted molar refractivity (Wildman–Crippen MR) is 169 cm³/mol. The number of allylic oxidation sites excluding steroid dienone is 2.